The molecule has 0 spiro atoms. The van der Waals surface area contributed by atoms with Gasteiger partial charge in [-0.25, -0.2) is 4.39 Å². The van der Waals surface area contributed by atoms with Gasteiger partial charge >= 0.3 is 0 Å². The van der Waals surface area contributed by atoms with Crippen LogP contribution in [0.2, 0.25) is 5.02 Å². The van der Waals surface area contributed by atoms with Gasteiger partial charge in [-0.15, -0.1) is 0 Å². The van der Waals surface area contributed by atoms with E-state index in [0.717, 1.165) is 31.4 Å². The second-order valence-corrected chi connectivity index (χ2v) is 7.58. The molecule has 1 N–H and O–H groups in total. The molecule has 2 heterocycles. The van der Waals surface area contributed by atoms with Gasteiger partial charge in [-0.3, -0.25) is 9.69 Å². The highest BCUT2D eigenvalue weighted by atomic mass is 35.5. The maximum Gasteiger partial charge on any atom is 0.225 e. The zero-order valence-corrected chi connectivity index (χ0v) is 15.3. The van der Waals surface area contributed by atoms with Crippen molar-refractivity contribution < 1.29 is 9.18 Å². The van der Waals surface area contributed by atoms with Crippen LogP contribution in [0.5, 0.6) is 0 Å². The Balaban J connectivity index is 1.46. The maximum atomic E-state index is 13.2. The molecular formula is C21H22ClFN2O. The molecule has 1 amide bonds. The first kappa shape index (κ1) is 17.5. The maximum absolute atomic E-state index is 13.2. The molecule has 136 valence electrons. The summed E-state index contributed by atoms with van der Waals surface area (Å²) in [6.45, 7) is 1.38. The van der Waals surface area contributed by atoms with Crippen molar-refractivity contribution in [3.8, 4) is 0 Å². The number of hydrogen-bond acceptors (Lipinski definition) is 2. The Bertz CT molecular complexity index is 798. The number of halogens is 2. The lowest BCUT2D eigenvalue weighted by Gasteiger charge is -2.24. The van der Waals surface area contributed by atoms with E-state index in [0.29, 0.717) is 23.7 Å². The zero-order valence-electron chi connectivity index (χ0n) is 14.5. The van der Waals surface area contributed by atoms with Crippen molar-refractivity contribution in [1.29, 1.82) is 0 Å². The van der Waals surface area contributed by atoms with Crippen LogP contribution in [-0.4, -0.2) is 23.4 Å². The lowest BCUT2D eigenvalue weighted by molar-refractivity contribution is -0.125. The van der Waals surface area contributed by atoms with E-state index in [4.69, 9.17) is 11.6 Å². The van der Waals surface area contributed by atoms with E-state index in [1.807, 2.05) is 6.07 Å². The standard InChI is InChI=1S/C21H22ClFN2O/c22-18-11-16(23)9-8-15(18)13-24-21(26)17-12-20(14-5-2-1-3-6-14)25-10-4-7-19(17)25/h1-3,5-6,8-9,11,17,19-20H,4,7,10,12-13H2,(H,24,26)/t17-,19+,20-/m0/s1. The zero-order chi connectivity index (χ0) is 18.1. The summed E-state index contributed by atoms with van der Waals surface area (Å²) in [5.74, 6) is -0.309. The normalized spacial score (nSPS) is 25.2. The van der Waals surface area contributed by atoms with Crippen LogP contribution in [0.1, 0.15) is 36.4 Å². The fourth-order valence-corrected chi connectivity index (χ4v) is 4.66. The van der Waals surface area contributed by atoms with Crippen molar-refractivity contribution in [2.45, 2.75) is 37.9 Å². The van der Waals surface area contributed by atoms with Gasteiger partial charge in [-0.05, 0) is 49.1 Å². The van der Waals surface area contributed by atoms with Gasteiger partial charge in [0.15, 0.2) is 0 Å². The molecule has 4 rings (SSSR count). The minimum atomic E-state index is -0.367. The summed E-state index contributed by atoms with van der Waals surface area (Å²) in [7, 11) is 0. The fraction of sp³-hybridized carbons (Fsp3) is 0.381. The molecule has 2 aromatic rings. The number of rotatable bonds is 4. The molecule has 5 heteroatoms. The van der Waals surface area contributed by atoms with Crippen molar-refractivity contribution in [1.82, 2.24) is 10.2 Å². The van der Waals surface area contributed by atoms with Crippen LogP contribution in [0.15, 0.2) is 48.5 Å². The molecule has 0 aliphatic carbocycles. The molecule has 3 nitrogen and oxygen atoms in total. The Hall–Kier alpha value is -1.91. The Morgan fingerprint density at radius 1 is 1.23 bits per heavy atom. The predicted octanol–water partition coefficient (Wildman–Crippen LogP) is 4.32. The van der Waals surface area contributed by atoms with Gasteiger partial charge in [0.05, 0.1) is 5.92 Å². The Labute approximate surface area is 158 Å². The van der Waals surface area contributed by atoms with E-state index in [1.165, 1.54) is 17.7 Å². The van der Waals surface area contributed by atoms with Crippen LogP contribution in [0, 0.1) is 11.7 Å². The predicted molar refractivity (Wildman–Crippen MR) is 100 cm³/mol. The highest BCUT2D eigenvalue weighted by molar-refractivity contribution is 6.31. The van der Waals surface area contributed by atoms with E-state index < -0.39 is 0 Å². The summed E-state index contributed by atoms with van der Waals surface area (Å²) in [4.78, 5) is 15.4. The van der Waals surface area contributed by atoms with Gasteiger partial charge in [0.25, 0.3) is 0 Å². The summed E-state index contributed by atoms with van der Waals surface area (Å²) in [6, 6.07) is 15.3. The molecular weight excluding hydrogens is 351 g/mol. The van der Waals surface area contributed by atoms with Gasteiger partial charge in [-0.1, -0.05) is 48.0 Å². The fourth-order valence-electron chi connectivity index (χ4n) is 4.43. The Morgan fingerprint density at radius 2 is 2.04 bits per heavy atom. The number of nitrogens with one attached hydrogen (secondary N) is 1. The molecule has 3 atom stereocenters. The minimum Gasteiger partial charge on any atom is -0.352 e. The van der Waals surface area contributed by atoms with Crippen LogP contribution in [0.4, 0.5) is 4.39 Å². The van der Waals surface area contributed by atoms with Gasteiger partial charge in [0.2, 0.25) is 5.91 Å². The third-order valence-electron chi connectivity index (χ3n) is 5.67. The molecule has 0 radical (unpaired) electrons. The summed E-state index contributed by atoms with van der Waals surface area (Å²) >= 11 is 6.07. The molecule has 2 fully saturated rings. The second kappa shape index (κ2) is 7.37. The van der Waals surface area contributed by atoms with Gasteiger partial charge in [0.1, 0.15) is 5.82 Å². The van der Waals surface area contributed by atoms with Gasteiger partial charge < -0.3 is 5.32 Å². The number of fused-ring (bicyclic) bond motifs is 1. The van der Waals surface area contributed by atoms with E-state index >= 15 is 0 Å². The van der Waals surface area contributed by atoms with E-state index in [-0.39, 0.29) is 17.6 Å². The average molecular weight is 373 g/mol. The molecule has 26 heavy (non-hydrogen) atoms. The molecule has 0 aromatic heterocycles. The largest absolute Gasteiger partial charge is 0.352 e. The van der Waals surface area contributed by atoms with Crippen molar-refractivity contribution in [3.05, 3.63) is 70.5 Å². The van der Waals surface area contributed by atoms with Crippen LogP contribution in [-0.2, 0) is 11.3 Å². The number of carbonyl (C=O) groups excluding carboxylic acids is 1. The molecule has 2 saturated heterocycles. The number of amides is 1. The van der Waals surface area contributed by atoms with Crippen LogP contribution in [0.25, 0.3) is 0 Å². The van der Waals surface area contributed by atoms with Crippen LogP contribution in [0.3, 0.4) is 0 Å². The summed E-state index contributed by atoms with van der Waals surface area (Å²) in [5, 5.41) is 3.36. The van der Waals surface area contributed by atoms with Crippen molar-refractivity contribution >= 4 is 17.5 Å². The Morgan fingerprint density at radius 3 is 2.81 bits per heavy atom. The Kier molecular flexibility index (Phi) is 4.96. The van der Waals surface area contributed by atoms with Gasteiger partial charge in [-0.2, -0.15) is 0 Å². The molecule has 0 saturated carbocycles. The SMILES string of the molecule is O=C(NCc1ccc(F)cc1Cl)[C@H]1C[C@@H](c2ccccc2)N2CCC[C@H]12. The van der Waals surface area contributed by atoms with Crippen molar-refractivity contribution in [2.75, 3.05) is 6.54 Å². The van der Waals surface area contributed by atoms with E-state index in [1.54, 1.807) is 6.07 Å². The topological polar surface area (TPSA) is 32.3 Å². The first-order valence-corrected chi connectivity index (χ1v) is 9.53. The lowest BCUT2D eigenvalue weighted by Crippen LogP contribution is -2.37. The summed E-state index contributed by atoms with van der Waals surface area (Å²) in [5.41, 5.74) is 2.03. The first-order valence-electron chi connectivity index (χ1n) is 9.16. The molecule has 0 bridgehead atoms. The highest BCUT2D eigenvalue weighted by Crippen LogP contribution is 2.44. The third-order valence-corrected chi connectivity index (χ3v) is 6.03. The number of benzene rings is 2. The third kappa shape index (κ3) is 3.36. The molecule has 2 aliphatic rings. The minimum absolute atomic E-state index is 0.0121. The average Bonchev–Trinajstić information content (AvgIpc) is 3.24. The lowest BCUT2D eigenvalue weighted by atomic mass is 9.93. The van der Waals surface area contributed by atoms with Crippen molar-refractivity contribution in [3.63, 3.8) is 0 Å². The van der Waals surface area contributed by atoms with Crippen molar-refractivity contribution in [2.24, 2.45) is 5.92 Å². The van der Waals surface area contributed by atoms with Gasteiger partial charge in [0, 0.05) is 23.7 Å². The molecule has 2 aromatic carbocycles. The van der Waals surface area contributed by atoms with Crippen LogP contribution < -0.4 is 5.32 Å². The summed E-state index contributed by atoms with van der Waals surface area (Å²) in [6.07, 6.45) is 3.05. The van der Waals surface area contributed by atoms with E-state index in [2.05, 4.69) is 34.5 Å². The summed E-state index contributed by atoms with van der Waals surface area (Å²) < 4.78 is 13.2. The quantitative estimate of drug-likeness (QED) is 0.866. The number of carbonyl (C=O) groups is 1. The molecule has 2 aliphatic heterocycles. The van der Waals surface area contributed by atoms with E-state index in [9.17, 15) is 9.18 Å². The number of hydrogen-bond donors (Lipinski definition) is 1. The highest BCUT2D eigenvalue weighted by Gasteiger charge is 2.46. The molecule has 0 unspecified atom stereocenters. The second-order valence-electron chi connectivity index (χ2n) is 7.17. The smallest absolute Gasteiger partial charge is 0.225 e. The van der Waals surface area contributed by atoms with Crippen LogP contribution >= 0.6 is 11.6 Å². The monoisotopic (exact) mass is 372 g/mol. The number of nitrogens with zero attached hydrogens (tertiary/aromatic N) is 1. The first-order chi connectivity index (χ1) is 12.6.